The minimum absolute atomic E-state index is 0.210. The summed E-state index contributed by atoms with van der Waals surface area (Å²) in [6, 6.07) is 7.25. The number of alkyl carbamates (subject to hydrolysis) is 1. The predicted octanol–water partition coefficient (Wildman–Crippen LogP) is 3.60. The van der Waals surface area contributed by atoms with Crippen LogP contribution in [0, 0.1) is 0 Å². The summed E-state index contributed by atoms with van der Waals surface area (Å²) in [6.07, 6.45) is 0.453. The molecule has 0 aromatic heterocycles. The van der Waals surface area contributed by atoms with Crippen molar-refractivity contribution in [2.45, 2.75) is 52.2 Å². The Morgan fingerprint density at radius 3 is 2.58 bits per heavy atom. The van der Waals surface area contributed by atoms with E-state index < -0.39 is 11.7 Å². The summed E-state index contributed by atoms with van der Waals surface area (Å²) < 4.78 is 15.5. The number of carbonyl (C=O) groups is 2. The first-order valence-electron chi connectivity index (χ1n) is 8.00. The van der Waals surface area contributed by atoms with Crippen molar-refractivity contribution in [2.75, 3.05) is 13.7 Å². The lowest BCUT2D eigenvalue weighted by Crippen LogP contribution is -2.34. The van der Waals surface area contributed by atoms with E-state index in [1.807, 2.05) is 52.0 Å². The van der Waals surface area contributed by atoms with Gasteiger partial charge in [0.1, 0.15) is 11.4 Å². The van der Waals surface area contributed by atoms with Crippen LogP contribution in [0.1, 0.15) is 52.1 Å². The van der Waals surface area contributed by atoms with Crippen LogP contribution in [0.25, 0.3) is 0 Å². The molecule has 6 heteroatoms. The van der Waals surface area contributed by atoms with Gasteiger partial charge in [-0.05, 0) is 51.8 Å². The van der Waals surface area contributed by atoms with Crippen LogP contribution in [-0.2, 0) is 14.3 Å². The third-order valence-electron chi connectivity index (χ3n) is 3.11. The van der Waals surface area contributed by atoms with Crippen LogP contribution in [0.2, 0.25) is 0 Å². The van der Waals surface area contributed by atoms with Gasteiger partial charge in [0.2, 0.25) is 0 Å². The molecule has 0 bridgehead atoms. The Kier molecular flexibility index (Phi) is 7.55. The molecule has 1 atom stereocenters. The van der Waals surface area contributed by atoms with Gasteiger partial charge in [-0.25, -0.2) is 4.79 Å². The fourth-order valence-electron chi connectivity index (χ4n) is 1.95. The van der Waals surface area contributed by atoms with Crippen molar-refractivity contribution in [3.05, 3.63) is 29.8 Å². The highest BCUT2D eigenvalue weighted by atomic mass is 16.6. The number of carbonyl (C=O) groups excluding carboxylic acids is 2. The SMILES string of the molecule is COC(=O)CCCOc1cccc([C@@H](C)NC(=O)OC(C)(C)C)c1. The van der Waals surface area contributed by atoms with E-state index in [0.29, 0.717) is 25.2 Å². The Morgan fingerprint density at radius 1 is 1.25 bits per heavy atom. The molecule has 1 N–H and O–H groups in total. The maximum atomic E-state index is 11.8. The molecule has 0 aliphatic rings. The third-order valence-corrected chi connectivity index (χ3v) is 3.11. The van der Waals surface area contributed by atoms with Crippen molar-refractivity contribution < 1.29 is 23.8 Å². The van der Waals surface area contributed by atoms with Crippen molar-refractivity contribution >= 4 is 12.1 Å². The molecule has 0 aliphatic carbocycles. The Balaban J connectivity index is 2.51. The average molecular weight is 337 g/mol. The monoisotopic (exact) mass is 337 g/mol. The van der Waals surface area contributed by atoms with Crippen molar-refractivity contribution in [1.29, 1.82) is 0 Å². The number of hydrogen-bond donors (Lipinski definition) is 1. The number of esters is 1. The zero-order valence-electron chi connectivity index (χ0n) is 15.0. The topological polar surface area (TPSA) is 73.9 Å². The summed E-state index contributed by atoms with van der Waals surface area (Å²) >= 11 is 0. The first-order chi connectivity index (χ1) is 11.2. The van der Waals surface area contributed by atoms with E-state index in [1.165, 1.54) is 7.11 Å². The minimum atomic E-state index is -0.533. The summed E-state index contributed by atoms with van der Waals surface area (Å²) in [4.78, 5) is 22.9. The van der Waals surface area contributed by atoms with E-state index in [0.717, 1.165) is 5.56 Å². The predicted molar refractivity (Wildman–Crippen MR) is 91.0 cm³/mol. The molecule has 1 aromatic carbocycles. The molecule has 1 rings (SSSR count). The third kappa shape index (κ3) is 7.85. The second-order valence-corrected chi connectivity index (χ2v) is 6.47. The molecule has 24 heavy (non-hydrogen) atoms. The lowest BCUT2D eigenvalue weighted by Gasteiger charge is -2.22. The van der Waals surface area contributed by atoms with Gasteiger partial charge in [-0.15, -0.1) is 0 Å². The first kappa shape index (κ1) is 19.8. The number of benzene rings is 1. The lowest BCUT2D eigenvalue weighted by molar-refractivity contribution is -0.140. The molecule has 0 radical (unpaired) electrons. The standard InChI is InChI=1S/C18H27NO5/c1-13(19-17(21)24-18(2,3)4)14-8-6-9-15(12-14)23-11-7-10-16(20)22-5/h6,8-9,12-13H,7,10-11H2,1-5H3,(H,19,21)/t13-/m1/s1. The summed E-state index contributed by atoms with van der Waals surface area (Å²) in [5.74, 6) is 0.442. The van der Waals surface area contributed by atoms with Gasteiger partial charge in [0.15, 0.2) is 0 Å². The van der Waals surface area contributed by atoms with E-state index in [4.69, 9.17) is 9.47 Å². The highest BCUT2D eigenvalue weighted by molar-refractivity contribution is 5.69. The average Bonchev–Trinajstić information content (AvgIpc) is 2.49. The van der Waals surface area contributed by atoms with Crippen molar-refractivity contribution in [2.24, 2.45) is 0 Å². The molecule has 0 saturated heterocycles. The molecule has 0 heterocycles. The summed E-state index contributed by atoms with van der Waals surface area (Å²) in [6.45, 7) is 7.76. The lowest BCUT2D eigenvalue weighted by atomic mass is 10.1. The van der Waals surface area contributed by atoms with Crippen molar-refractivity contribution in [3.63, 3.8) is 0 Å². The number of hydrogen-bond acceptors (Lipinski definition) is 5. The van der Waals surface area contributed by atoms with Gasteiger partial charge in [-0.3, -0.25) is 4.79 Å². The van der Waals surface area contributed by atoms with Crippen LogP contribution in [0.5, 0.6) is 5.75 Å². The van der Waals surface area contributed by atoms with E-state index in [-0.39, 0.29) is 12.0 Å². The van der Waals surface area contributed by atoms with Gasteiger partial charge in [0, 0.05) is 6.42 Å². The second kappa shape index (κ2) is 9.15. The first-order valence-corrected chi connectivity index (χ1v) is 8.00. The molecule has 0 fully saturated rings. The van der Waals surface area contributed by atoms with Gasteiger partial charge in [-0.2, -0.15) is 0 Å². The number of ether oxygens (including phenoxy) is 3. The Bertz CT molecular complexity index is 551. The number of amides is 1. The van der Waals surface area contributed by atoms with Crippen LogP contribution >= 0.6 is 0 Å². The van der Waals surface area contributed by atoms with E-state index in [9.17, 15) is 9.59 Å². The Labute approximate surface area is 143 Å². The highest BCUT2D eigenvalue weighted by Gasteiger charge is 2.18. The zero-order valence-corrected chi connectivity index (χ0v) is 15.0. The highest BCUT2D eigenvalue weighted by Crippen LogP contribution is 2.20. The van der Waals surface area contributed by atoms with Crippen LogP contribution in [0.15, 0.2) is 24.3 Å². The molecular formula is C18H27NO5. The molecule has 0 spiro atoms. The van der Waals surface area contributed by atoms with Gasteiger partial charge in [-0.1, -0.05) is 12.1 Å². The van der Waals surface area contributed by atoms with Crippen LogP contribution in [-0.4, -0.2) is 31.4 Å². The van der Waals surface area contributed by atoms with E-state index in [2.05, 4.69) is 10.1 Å². The summed E-state index contributed by atoms with van der Waals surface area (Å²) in [7, 11) is 1.37. The van der Waals surface area contributed by atoms with Crippen LogP contribution in [0.3, 0.4) is 0 Å². The smallest absolute Gasteiger partial charge is 0.408 e. The van der Waals surface area contributed by atoms with E-state index in [1.54, 1.807) is 0 Å². The maximum absolute atomic E-state index is 11.8. The minimum Gasteiger partial charge on any atom is -0.494 e. The largest absolute Gasteiger partial charge is 0.494 e. The molecule has 6 nitrogen and oxygen atoms in total. The number of nitrogens with one attached hydrogen (secondary N) is 1. The van der Waals surface area contributed by atoms with Gasteiger partial charge >= 0.3 is 12.1 Å². The Hall–Kier alpha value is -2.24. The van der Waals surface area contributed by atoms with E-state index >= 15 is 0 Å². The number of rotatable bonds is 7. The quantitative estimate of drug-likeness (QED) is 0.608. The normalized spacial score (nSPS) is 12.2. The zero-order chi connectivity index (χ0) is 18.2. The second-order valence-electron chi connectivity index (χ2n) is 6.47. The molecule has 1 aromatic rings. The maximum Gasteiger partial charge on any atom is 0.408 e. The van der Waals surface area contributed by atoms with Gasteiger partial charge in [0.05, 0.1) is 19.8 Å². The molecule has 0 aliphatic heterocycles. The Morgan fingerprint density at radius 2 is 1.96 bits per heavy atom. The van der Waals surface area contributed by atoms with Crippen LogP contribution in [0.4, 0.5) is 4.79 Å². The van der Waals surface area contributed by atoms with Gasteiger partial charge < -0.3 is 19.5 Å². The fraction of sp³-hybridized carbons (Fsp3) is 0.556. The molecule has 1 amide bonds. The summed E-state index contributed by atoms with van der Waals surface area (Å²) in [5.41, 5.74) is 0.375. The van der Waals surface area contributed by atoms with Gasteiger partial charge in [0.25, 0.3) is 0 Å². The molecule has 0 unspecified atom stereocenters. The number of methoxy groups -OCH3 is 1. The molecular weight excluding hydrogens is 310 g/mol. The van der Waals surface area contributed by atoms with Crippen molar-refractivity contribution in [3.8, 4) is 5.75 Å². The van der Waals surface area contributed by atoms with Crippen LogP contribution < -0.4 is 10.1 Å². The molecule has 134 valence electrons. The summed E-state index contributed by atoms with van der Waals surface area (Å²) in [5, 5.41) is 2.79. The van der Waals surface area contributed by atoms with Crippen molar-refractivity contribution in [1.82, 2.24) is 5.32 Å². The fourth-order valence-corrected chi connectivity index (χ4v) is 1.95. The molecule has 0 saturated carbocycles.